The van der Waals surface area contributed by atoms with Crippen molar-refractivity contribution in [2.45, 2.75) is 31.8 Å². The van der Waals surface area contributed by atoms with Gasteiger partial charge in [-0.15, -0.1) is 0 Å². The van der Waals surface area contributed by atoms with Gasteiger partial charge in [0.05, 0.1) is 0 Å². The van der Waals surface area contributed by atoms with Gasteiger partial charge in [0, 0.05) is 24.7 Å². The Morgan fingerprint density at radius 2 is 2.17 bits per heavy atom. The first-order valence-corrected chi connectivity index (χ1v) is 6.51. The first-order valence-electron chi connectivity index (χ1n) is 6.51. The first kappa shape index (κ1) is 13.4. The Bertz CT molecular complexity index is 395. The zero-order chi connectivity index (χ0) is 13.0. The number of rotatable bonds is 4. The van der Waals surface area contributed by atoms with E-state index in [4.69, 9.17) is 0 Å². The van der Waals surface area contributed by atoms with Crippen molar-refractivity contribution in [1.82, 2.24) is 10.2 Å². The molecule has 1 aromatic rings. The van der Waals surface area contributed by atoms with Crippen LogP contribution in [0, 0.1) is 11.6 Å². The molecule has 1 aliphatic heterocycles. The maximum Gasteiger partial charge on any atom is 0.127 e. The van der Waals surface area contributed by atoms with Crippen molar-refractivity contribution in [2.24, 2.45) is 0 Å². The molecule has 0 spiro atoms. The molecule has 4 heteroatoms. The van der Waals surface area contributed by atoms with Crippen LogP contribution in [0.5, 0.6) is 0 Å². The van der Waals surface area contributed by atoms with E-state index in [1.165, 1.54) is 31.4 Å². The summed E-state index contributed by atoms with van der Waals surface area (Å²) in [6.07, 6.45) is 3.69. The summed E-state index contributed by atoms with van der Waals surface area (Å²) in [6.45, 7) is 2.33. The van der Waals surface area contributed by atoms with E-state index < -0.39 is 0 Å². The van der Waals surface area contributed by atoms with Crippen molar-refractivity contribution in [3.63, 3.8) is 0 Å². The van der Waals surface area contributed by atoms with Crippen LogP contribution in [0.2, 0.25) is 0 Å². The maximum atomic E-state index is 13.4. The van der Waals surface area contributed by atoms with Crippen LogP contribution in [0.15, 0.2) is 18.2 Å². The first-order chi connectivity index (χ1) is 8.66. The Balaban J connectivity index is 1.82. The molecule has 0 radical (unpaired) electrons. The van der Waals surface area contributed by atoms with Gasteiger partial charge in [0.2, 0.25) is 0 Å². The summed E-state index contributed by atoms with van der Waals surface area (Å²) in [5, 5.41) is 3.22. The Morgan fingerprint density at radius 3 is 2.94 bits per heavy atom. The molecule has 0 bridgehead atoms. The van der Waals surface area contributed by atoms with Crippen molar-refractivity contribution in [3.8, 4) is 0 Å². The second-order valence-corrected chi connectivity index (χ2v) is 5.00. The summed E-state index contributed by atoms with van der Waals surface area (Å²) in [6, 6.07) is 4.09. The lowest BCUT2D eigenvalue weighted by atomic mass is 10.0. The highest BCUT2D eigenvalue weighted by Gasteiger charge is 2.18. The highest BCUT2D eigenvalue weighted by Crippen LogP contribution is 2.14. The largest absolute Gasteiger partial charge is 0.311 e. The molecule has 1 atom stereocenters. The lowest BCUT2D eigenvalue weighted by Gasteiger charge is -2.32. The van der Waals surface area contributed by atoms with E-state index in [1.54, 1.807) is 0 Å². The molecule has 0 amide bonds. The molecule has 0 aromatic heterocycles. The molecule has 1 N–H and O–H groups in total. The summed E-state index contributed by atoms with van der Waals surface area (Å²) in [4.78, 5) is 2.33. The van der Waals surface area contributed by atoms with Gasteiger partial charge in [0.15, 0.2) is 0 Å². The van der Waals surface area contributed by atoms with Gasteiger partial charge in [-0.25, -0.2) is 8.78 Å². The molecule has 1 fully saturated rings. The molecule has 2 nitrogen and oxygen atoms in total. The Hall–Kier alpha value is -1.00. The average Bonchev–Trinajstić information content (AvgIpc) is 2.36. The fourth-order valence-electron chi connectivity index (χ4n) is 2.45. The van der Waals surface area contributed by atoms with Crippen molar-refractivity contribution in [2.75, 3.05) is 20.1 Å². The monoisotopic (exact) mass is 254 g/mol. The molecular weight excluding hydrogens is 234 g/mol. The minimum atomic E-state index is -0.386. The van der Waals surface area contributed by atoms with Crippen LogP contribution in [0.1, 0.15) is 24.8 Å². The van der Waals surface area contributed by atoms with E-state index in [-0.39, 0.29) is 11.6 Å². The van der Waals surface area contributed by atoms with Gasteiger partial charge in [0.1, 0.15) is 11.6 Å². The van der Waals surface area contributed by atoms with E-state index in [1.807, 2.05) is 0 Å². The second kappa shape index (κ2) is 6.25. The quantitative estimate of drug-likeness (QED) is 0.888. The SMILES string of the molecule is CN1CCCCC1CNCc1cc(F)ccc1F. The van der Waals surface area contributed by atoms with E-state index >= 15 is 0 Å². The van der Waals surface area contributed by atoms with Crippen molar-refractivity contribution in [3.05, 3.63) is 35.4 Å². The van der Waals surface area contributed by atoms with Gasteiger partial charge in [-0.3, -0.25) is 0 Å². The number of nitrogens with one attached hydrogen (secondary N) is 1. The van der Waals surface area contributed by atoms with Crippen LogP contribution < -0.4 is 5.32 Å². The number of hydrogen-bond acceptors (Lipinski definition) is 2. The number of nitrogens with zero attached hydrogens (tertiary/aromatic N) is 1. The molecule has 2 rings (SSSR count). The Morgan fingerprint density at radius 1 is 1.33 bits per heavy atom. The predicted octanol–water partition coefficient (Wildman–Crippen LogP) is 2.54. The second-order valence-electron chi connectivity index (χ2n) is 5.00. The number of hydrogen-bond donors (Lipinski definition) is 1. The number of piperidine rings is 1. The molecule has 0 saturated carbocycles. The molecule has 1 unspecified atom stereocenters. The molecule has 100 valence electrons. The summed E-state index contributed by atoms with van der Waals surface area (Å²) >= 11 is 0. The number of likely N-dealkylation sites (N-methyl/N-ethyl adjacent to an activating group) is 1. The zero-order valence-corrected chi connectivity index (χ0v) is 10.8. The topological polar surface area (TPSA) is 15.3 Å². The number of benzene rings is 1. The minimum Gasteiger partial charge on any atom is -0.311 e. The van der Waals surface area contributed by atoms with E-state index in [0.29, 0.717) is 18.2 Å². The average molecular weight is 254 g/mol. The van der Waals surface area contributed by atoms with Gasteiger partial charge in [-0.2, -0.15) is 0 Å². The van der Waals surface area contributed by atoms with E-state index in [2.05, 4.69) is 17.3 Å². The fourth-order valence-corrected chi connectivity index (χ4v) is 2.45. The highest BCUT2D eigenvalue weighted by atomic mass is 19.1. The van der Waals surface area contributed by atoms with Gasteiger partial charge in [-0.1, -0.05) is 6.42 Å². The summed E-state index contributed by atoms with van der Waals surface area (Å²) in [5.41, 5.74) is 0.397. The van der Waals surface area contributed by atoms with Crippen LogP contribution in [-0.4, -0.2) is 31.1 Å². The van der Waals surface area contributed by atoms with Crippen LogP contribution in [0.3, 0.4) is 0 Å². The fraction of sp³-hybridized carbons (Fsp3) is 0.571. The van der Waals surface area contributed by atoms with Gasteiger partial charge < -0.3 is 10.2 Å². The van der Waals surface area contributed by atoms with Crippen molar-refractivity contribution < 1.29 is 8.78 Å². The molecule has 0 aliphatic carbocycles. The van der Waals surface area contributed by atoms with Crippen LogP contribution >= 0.6 is 0 Å². The molecular formula is C14H20F2N2. The molecule has 1 heterocycles. The molecule has 1 aromatic carbocycles. The van der Waals surface area contributed by atoms with Crippen LogP contribution in [0.4, 0.5) is 8.78 Å². The van der Waals surface area contributed by atoms with Gasteiger partial charge in [-0.05, 0) is 44.6 Å². The minimum absolute atomic E-state index is 0.346. The normalized spacial score (nSPS) is 21.2. The predicted molar refractivity (Wildman–Crippen MR) is 68.3 cm³/mol. The molecule has 1 aliphatic rings. The smallest absolute Gasteiger partial charge is 0.127 e. The standard InChI is InChI=1S/C14H20F2N2/c1-18-7-3-2-4-13(18)10-17-9-11-8-12(15)5-6-14(11)16/h5-6,8,13,17H,2-4,7,9-10H2,1H3. The third-order valence-electron chi connectivity index (χ3n) is 3.62. The lowest BCUT2D eigenvalue weighted by molar-refractivity contribution is 0.181. The third-order valence-corrected chi connectivity index (χ3v) is 3.62. The summed E-state index contributed by atoms with van der Waals surface area (Å²) < 4.78 is 26.4. The van der Waals surface area contributed by atoms with Crippen molar-refractivity contribution in [1.29, 1.82) is 0 Å². The highest BCUT2D eigenvalue weighted by molar-refractivity contribution is 5.18. The zero-order valence-electron chi connectivity index (χ0n) is 10.8. The molecule has 1 saturated heterocycles. The van der Waals surface area contributed by atoms with E-state index in [9.17, 15) is 8.78 Å². The van der Waals surface area contributed by atoms with E-state index in [0.717, 1.165) is 19.2 Å². The van der Waals surface area contributed by atoms with Gasteiger partial charge >= 0.3 is 0 Å². The van der Waals surface area contributed by atoms with Gasteiger partial charge in [0.25, 0.3) is 0 Å². The van der Waals surface area contributed by atoms with Crippen LogP contribution in [0.25, 0.3) is 0 Å². The van der Waals surface area contributed by atoms with Crippen LogP contribution in [-0.2, 0) is 6.54 Å². The number of likely N-dealkylation sites (tertiary alicyclic amines) is 1. The summed E-state index contributed by atoms with van der Waals surface area (Å²) in [7, 11) is 2.12. The summed E-state index contributed by atoms with van der Waals surface area (Å²) in [5.74, 6) is -0.733. The third kappa shape index (κ3) is 3.50. The van der Waals surface area contributed by atoms with Crippen molar-refractivity contribution >= 4 is 0 Å². The lowest BCUT2D eigenvalue weighted by Crippen LogP contribution is -2.42. The molecule has 18 heavy (non-hydrogen) atoms. The number of halogens is 2. The maximum absolute atomic E-state index is 13.4. The Labute approximate surface area is 107 Å². The Kier molecular flexibility index (Phi) is 4.66.